The summed E-state index contributed by atoms with van der Waals surface area (Å²) >= 11 is 5.96. The Morgan fingerprint density at radius 3 is 2.58 bits per heavy atom. The third-order valence-corrected chi connectivity index (χ3v) is 4.96. The summed E-state index contributed by atoms with van der Waals surface area (Å²) in [5, 5.41) is 6.06. The van der Waals surface area contributed by atoms with E-state index in [1.54, 1.807) is 31.2 Å². The molecule has 11 heteroatoms. The van der Waals surface area contributed by atoms with Crippen LogP contribution in [0.5, 0.6) is 5.88 Å². The smallest absolute Gasteiger partial charge is 0.422 e. The number of ether oxygens (including phenoxy) is 1. The molecule has 0 bridgehead atoms. The van der Waals surface area contributed by atoms with Gasteiger partial charge in [-0.3, -0.25) is 4.79 Å². The third-order valence-electron chi connectivity index (χ3n) is 4.71. The monoisotopic (exact) mass is 456 g/mol. The van der Waals surface area contributed by atoms with Crippen LogP contribution in [0.25, 0.3) is 0 Å². The second kappa shape index (κ2) is 9.42. The van der Waals surface area contributed by atoms with Gasteiger partial charge in [0.25, 0.3) is 0 Å². The van der Waals surface area contributed by atoms with Crippen molar-refractivity contribution in [3.05, 3.63) is 58.7 Å². The zero-order valence-electron chi connectivity index (χ0n) is 16.4. The summed E-state index contributed by atoms with van der Waals surface area (Å²) in [7, 11) is 0. The topological polar surface area (TPSA) is 83.6 Å². The maximum absolute atomic E-state index is 12.9. The van der Waals surface area contributed by atoms with Gasteiger partial charge in [0.15, 0.2) is 6.61 Å². The largest absolute Gasteiger partial charge is 0.468 e. The molecule has 166 valence electrons. The fraction of sp³-hybridized carbons (Fsp3) is 0.350. The van der Waals surface area contributed by atoms with Gasteiger partial charge in [0.1, 0.15) is 6.04 Å². The van der Waals surface area contributed by atoms with E-state index in [1.807, 2.05) is 0 Å². The predicted octanol–water partition coefficient (Wildman–Crippen LogP) is 3.30. The fourth-order valence-electron chi connectivity index (χ4n) is 3.08. The zero-order valence-corrected chi connectivity index (χ0v) is 17.2. The van der Waals surface area contributed by atoms with Crippen LogP contribution in [-0.2, 0) is 4.79 Å². The number of piperazine rings is 1. The number of hydrogen-bond donors (Lipinski definition) is 2. The molecule has 1 fully saturated rings. The van der Waals surface area contributed by atoms with Crippen LogP contribution in [0.3, 0.4) is 0 Å². The van der Waals surface area contributed by atoms with E-state index in [0.717, 1.165) is 0 Å². The molecule has 3 amide bonds. The van der Waals surface area contributed by atoms with Gasteiger partial charge in [-0.25, -0.2) is 9.78 Å². The van der Waals surface area contributed by atoms with Gasteiger partial charge < -0.3 is 20.3 Å². The molecule has 31 heavy (non-hydrogen) atoms. The molecule has 3 rings (SSSR count). The van der Waals surface area contributed by atoms with E-state index in [0.29, 0.717) is 29.2 Å². The average Bonchev–Trinajstić information content (AvgIpc) is 2.73. The lowest BCUT2D eigenvalue weighted by Gasteiger charge is -2.34. The number of alkyl halides is 3. The van der Waals surface area contributed by atoms with Crippen LogP contribution >= 0.6 is 11.6 Å². The van der Waals surface area contributed by atoms with Crippen LogP contribution in [-0.4, -0.2) is 53.7 Å². The zero-order chi connectivity index (χ0) is 22.6. The summed E-state index contributed by atoms with van der Waals surface area (Å²) in [6.45, 7) is 0.856. The number of nitrogens with one attached hydrogen (secondary N) is 2. The second-order valence-corrected chi connectivity index (χ2v) is 7.36. The van der Waals surface area contributed by atoms with Crippen LogP contribution in [0.2, 0.25) is 5.02 Å². The van der Waals surface area contributed by atoms with Crippen molar-refractivity contribution in [1.82, 2.24) is 20.5 Å². The summed E-state index contributed by atoms with van der Waals surface area (Å²) < 4.78 is 41.6. The molecule has 1 aliphatic rings. The number of carbonyl (C=O) groups excluding carboxylic acids is 2. The molecule has 2 aromatic rings. The number of carbonyl (C=O) groups is 2. The van der Waals surface area contributed by atoms with Gasteiger partial charge in [-0.05, 0) is 36.2 Å². The van der Waals surface area contributed by atoms with E-state index in [9.17, 15) is 22.8 Å². The summed E-state index contributed by atoms with van der Waals surface area (Å²) in [5.41, 5.74) is 1.20. The van der Waals surface area contributed by atoms with Crippen molar-refractivity contribution in [2.45, 2.75) is 25.2 Å². The molecule has 7 nitrogen and oxygen atoms in total. The van der Waals surface area contributed by atoms with Gasteiger partial charge in [-0.15, -0.1) is 0 Å². The standard InChI is InChI=1S/C20H20ClF3N4O3/c1-12-18(29)25-8-9-28(12)19(30)27-17(13-2-5-15(21)6-3-13)14-4-7-16(26-10-14)31-11-20(22,23)24/h2-7,10,12,17H,8-9,11H2,1H3,(H,25,29)(H,27,30)/t12-,17+/m1/s1. The van der Waals surface area contributed by atoms with Gasteiger partial charge in [-0.2, -0.15) is 13.2 Å². The quantitative estimate of drug-likeness (QED) is 0.723. The highest BCUT2D eigenvalue weighted by Gasteiger charge is 2.31. The number of urea groups is 1. The molecule has 0 aliphatic carbocycles. The Balaban J connectivity index is 1.82. The highest BCUT2D eigenvalue weighted by Crippen LogP contribution is 2.25. The molecule has 2 heterocycles. The Morgan fingerprint density at radius 2 is 1.97 bits per heavy atom. The molecule has 1 aromatic heterocycles. The van der Waals surface area contributed by atoms with Gasteiger partial charge in [-0.1, -0.05) is 23.7 Å². The molecule has 0 radical (unpaired) electrons. The minimum atomic E-state index is -4.47. The van der Waals surface area contributed by atoms with Crippen LogP contribution in [0.15, 0.2) is 42.6 Å². The van der Waals surface area contributed by atoms with E-state index in [1.165, 1.54) is 23.2 Å². The molecule has 1 aliphatic heterocycles. The highest BCUT2D eigenvalue weighted by molar-refractivity contribution is 6.30. The number of halogens is 4. The molecular formula is C20H20ClF3N4O3. The van der Waals surface area contributed by atoms with Crippen LogP contribution in [0.4, 0.5) is 18.0 Å². The van der Waals surface area contributed by atoms with Crippen molar-refractivity contribution in [3.63, 3.8) is 0 Å². The Labute approximate surface area is 181 Å². The maximum Gasteiger partial charge on any atom is 0.422 e. The van der Waals surface area contributed by atoms with Crippen LogP contribution < -0.4 is 15.4 Å². The van der Waals surface area contributed by atoms with Crippen LogP contribution in [0.1, 0.15) is 24.1 Å². The molecule has 0 unspecified atom stereocenters. The Kier molecular flexibility index (Phi) is 6.89. The number of rotatable bonds is 5. The Bertz CT molecular complexity index is 923. The highest BCUT2D eigenvalue weighted by atomic mass is 35.5. The SMILES string of the molecule is C[C@@H]1C(=O)NCCN1C(=O)N[C@@H](c1ccc(Cl)cc1)c1ccc(OCC(F)(F)F)nc1. The number of hydrogen-bond acceptors (Lipinski definition) is 4. The first-order valence-corrected chi connectivity index (χ1v) is 9.77. The lowest BCUT2D eigenvalue weighted by molar-refractivity contribution is -0.154. The first-order chi connectivity index (χ1) is 14.6. The minimum absolute atomic E-state index is 0.191. The second-order valence-electron chi connectivity index (χ2n) is 6.93. The van der Waals surface area contributed by atoms with Crippen molar-refractivity contribution < 1.29 is 27.5 Å². The number of benzene rings is 1. The molecule has 2 atom stereocenters. The number of nitrogens with zero attached hydrogens (tertiary/aromatic N) is 2. The van der Waals surface area contributed by atoms with Gasteiger partial charge >= 0.3 is 12.2 Å². The van der Waals surface area contributed by atoms with Crippen LogP contribution in [0, 0.1) is 0 Å². The number of pyridine rings is 1. The third kappa shape index (κ3) is 6.00. The average molecular weight is 457 g/mol. The fourth-order valence-corrected chi connectivity index (χ4v) is 3.21. The predicted molar refractivity (Wildman–Crippen MR) is 107 cm³/mol. The van der Waals surface area contributed by atoms with E-state index in [-0.39, 0.29) is 11.8 Å². The maximum atomic E-state index is 12.9. The molecule has 0 saturated carbocycles. The van der Waals surface area contributed by atoms with Gasteiger partial charge in [0, 0.05) is 30.4 Å². The summed E-state index contributed by atoms with van der Waals surface area (Å²) in [6.07, 6.45) is -3.14. The van der Waals surface area contributed by atoms with Crippen molar-refractivity contribution in [2.75, 3.05) is 19.7 Å². The summed E-state index contributed by atoms with van der Waals surface area (Å²) in [4.78, 5) is 30.1. The first-order valence-electron chi connectivity index (χ1n) is 9.40. The molecule has 1 aromatic carbocycles. The normalized spacial score (nSPS) is 17.6. The Morgan fingerprint density at radius 1 is 1.29 bits per heavy atom. The molecule has 2 N–H and O–H groups in total. The Hall–Kier alpha value is -3.01. The number of amides is 3. The van der Waals surface area contributed by atoms with Gasteiger partial charge in [0.2, 0.25) is 11.8 Å². The molecule has 1 saturated heterocycles. The van der Waals surface area contributed by atoms with E-state index in [2.05, 4.69) is 20.4 Å². The molecule has 0 spiro atoms. The van der Waals surface area contributed by atoms with Crippen molar-refractivity contribution in [1.29, 1.82) is 0 Å². The van der Waals surface area contributed by atoms with Crippen molar-refractivity contribution >= 4 is 23.5 Å². The van der Waals surface area contributed by atoms with Gasteiger partial charge in [0.05, 0.1) is 6.04 Å². The van der Waals surface area contributed by atoms with E-state index < -0.39 is 30.9 Å². The van der Waals surface area contributed by atoms with Crippen molar-refractivity contribution in [3.8, 4) is 5.88 Å². The lowest BCUT2D eigenvalue weighted by atomic mass is 10.0. The van der Waals surface area contributed by atoms with E-state index in [4.69, 9.17) is 11.6 Å². The number of aromatic nitrogens is 1. The summed E-state index contributed by atoms with van der Waals surface area (Å²) in [5.74, 6) is -0.444. The summed E-state index contributed by atoms with van der Waals surface area (Å²) in [6, 6.07) is 7.78. The minimum Gasteiger partial charge on any atom is -0.468 e. The first kappa shape index (κ1) is 22.7. The lowest BCUT2D eigenvalue weighted by Crippen LogP contribution is -2.58. The molecular weight excluding hydrogens is 437 g/mol. The van der Waals surface area contributed by atoms with E-state index >= 15 is 0 Å². The van der Waals surface area contributed by atoms with Crippen molar-refractivity contribution in [2.24, 2.45) is 0 Å².